The van der Waals surface area contributed by atoms with Crippen molar-refractivity contribution in [3.05, 3.63) is 65.3 Å². The molecule has 3 heterocycles. The fraction of sp³-hybridized carbons (Fsp3) is 0.273. The van der Waals surface area contributed by atoms with E-state index in [4.69, 9.17) is 16.3 Å². The van der Waals surface area contributed by atoms with E-state index in [0.29, 0.717) is 29.0 Å². The maximum absolute atomic E-state index is 13.2. The molecule has 0 aliphatic rings. The van der Waals surface area contributed by atoms with Gasteiger partial charge in [0.2, 0.25) is 11.2 Å². The van der Waals surface area contributed by atoms with E-state index in [9.17, 15) is 13.2 Å². The second kappa shape index (κ2) is 8.74. The Morgan fingerprint density at radius 1 is 1.06 bits per heavy atom. The SMILES string of the molecule is CC(C)Cn1cc(C(F)(F)F)nc1-c1ccc(COc2nc(Cl)nc3ncccc23)cc1. The van der Waals surface area contributed by atoms with Crippen LogP contribution in [0.1, 0.15) is 25.1 Å². The van der Waals surface area contributed by atoms with Crippen LogP contribution in [0.2, 0.25) is 5.28 Å². The molecule has 0 unspecified atom stereocenters. The van der Waals surface area contributed by atoms with E-state index >= 15 is 0 Å². The summed E-state index contributed by atoms with van der Waals surface area (Å²) < 4.78 is 46.9. The maximum atomic E-state index is 13.2. The summed E-state index contributed by atoms with van der Waals surface area (Å²) in [6.45, 7) is 4.50. The molecule has 6 nitrogen and oxygen atoms in total. The van der Waals surface area contributed by atoms with Gasteiger partial charge < -0.3 is 9.30 Å². The van der Waals surface area contributed by atoms with Crippen molar-refractivity contribution in [2.75, 3.05) is 0 Å². The molecule has 10 heteroatoms. The predicted octanol–water partition coefficient (Wildman–Crippen LogP) is 5.80. The summed E-state index contributed by atoms with van der Waals surface area (Å²) >= 11 is 5.95. The smallest absolute Gasteiger partial charge is 0.434 e. The van der Waals surface area contributed by atoms with Gasteiger partial charge in [-0.1, -0.05) is 38.1 Å². The van der Waals surface area contributed by atoms with Crippen molar-refractivity contribution in [1.29, 1.82) is 0 Å². The van der Waals surface area contributed by atoms with Crippen molar-refractivity contribution >= 4 is 22.6 Å². The first-order chi connectivity index (χ1) is 15.2. The summed E-state index contributed by atoms with van der Waals surface area (Å²) in [6.07, 6.45) is -1.84. The van der Waals surface area contributed by atoms with E-state index < -0.39 is 11.9 Å². The number of pyridine rings is 1. The number of imidazole rings is 1. The lowest BCUT2D eigenvalue weighted by atomic mass is 10.1. The molecule has 0 saturated carbocycles. The van der Waals surface area contributed by atoms with Gasteiger partial charge in [-0.3, -0.25) is 0 Å². The molecule has 3 aromatic heterocycles. The number of aromatic nitrogens is 5. The largest absolute Gasteiger partial charge is 0.472 e. The molecule has 0 spiro atoms. The van der Waals surface area contributed by atoms with Gasteiger partial charge in [0.15, 0.2) is 11.3 Å². The molecule has 0 aliphatic carbocycles. The molecule has 0 bridgehead atoms. The molecule has 0 aliphatic heterocycles. The number of fused-ring (bicyclic) bond motifs is 1. The van der Waals surface area contributed by atoms with E-state index in [-0.39, 0.29) is 23.6 Å². The fourth-order valence-corrected chi connectivity index (χ4v) is 3.39. The third-order valence-electron chi connectivity index (χ3n) is 4.63. The van der Waals surface area contributed by atoms with Gasteiger partial charge in [0.05, 0.1) is 5.39 Å². The molecule has 4 rings (SSSR count). The zero-order chi connectivity index (χ0) is 22.9. The molecule has 0 fully saturated rings. The van der Waals surface area contributed by atoms with E-state index in [0.717, 1.165) is 11.8 Å². The van der Waals surface area contributed by atoms with Crippen molar-refractivity contribution in [2.45, 2.75) is 33.2 Å². The zero-order valence-electron chi connectivity index (χ0n) is 17.3. The van der Waals surface area contributed by atoms with Gasteiger partial charge in [0, 0.05) is 24.5 Å². The Kier molecular flexibility index (Phi) is 6.01. The van der Waals surface area contributed by atoms with Crippen LogP contribution in [0.5, 0.6) is 5.88 Å². The number of ether oxygens (including phenoxy) is 1. The first kappa shape index (κ1) is 22.0. The van der Waals surface area contributed by atoms with Crippen molar-refractivity contribution in [2.24, 2.45) is 5.92 Å². The van der Waals surface area contributed by atoms with Crippen LogP contribution in [-0.4, -0.2) is 24.5 Å². The summed E-state index contributed by atoms with van der Waals surface area (Å²) in [5.74, 6) is 0.748. The molecular weight excluding hydrogens is 443 g/mol. The summed E-state index contributed by atoms with van der Waals surface area (Å²) in [5, 5.41) is 0.655. The highest BCUT2D eigenvalue weighted by Gasteiger charge is 2.35. The second-order valence-corrected chi connectivity index (χ2v) is 7.99. The average Bonchev–Trinajstić information content (AvgIpc) is 3.16. The van der Waals surface area contributed by atoms with Crippen LogP contribution in [0.25, 0.3) is 22.4 Å². The van der Waals surface area contributed by atoms with Gasteiger partial charge in [-0.05, 0) is 35.2 Å². The molecule has 166 valence electrons. The van der Waals surface area contributed by atoms with Gasteiger partial charge in [-0.15, -0.1) is 0 Å². The van der Waals surface area contributed by atoms with E-state index in [2.05, 4.69) is 19.9 Å². The molecule has 0 atom stereocenters. The van der Waals surface area contributed by atoms with E-state index in [1.54, 1.807) is 47.2 Å². The Bertz CT molecular complexity index is 1240. The van der Waals surface area contributed by atoms with Crippen molar-refractivity contribution < 1.29 is 17.9 Å². The number of nitrogens with zero attached hydrogens (tertiary/aromatic N) is 5. The minimum absolute atomic E-state index is 0.0269. The maximum Gasteiger partial charge on any atom is 0.434 e. The zero-order valence-corrected chi connectivity index (χ0v) is 18.0. The third-order valence-corrected chi connectivity index (χ3v) is 4.79. The number of halogens is 4. The standard InChI is InChI=1S/C22H19ClF3N5O/c1-13(2)10-31-11-17(22(24,25)26)28-19(31)15-7-5-14(6-8-15)12-32-20-16-4-3-9-27-18(16)29-21(23)30-20/h3-9,11,13H,10,12H2,1-2H3. The monoisotopic (exact) mass is 461 g/mol. The molecule has 32 heavy (non-hydrogen) atoms. The van der Waals surface area contributed by atoms with Gasteiger partial charge in [-0.25, -0.2) is 9.97 Å². The molecule has 1 aromatic carbocycles. The minimum atomic E-state index is -4.50. The first-order valence-electron chi connectivity index (χ1n) is 9.85. The van der Waals surface area contributed by atoms with E-state index in [1.165, 1.54) is 0 Å². The quantitative estimate of drug-likeness (QED) is 0.340. The number of hydrogen-bond donors (Lipinski definition) is 0. The Balaban J connectivity index is 1.56. The topological polar surface area (TPSA) is 65.7 Å². The molecule has 0 radical (unpaired) electrons. The highest BCUT2D eigenvalue weighted by Crippen LogP contribution is 2.31. The van der Waals surface area contributed by atoms with Crippen LogP contribution >= 0.6 is 11.6 Å². The second-order valence-electron chi connectivity index (χ2n) is 7.65. The lowest BCUT2D eigenvalue weighted by molar-refractivity contribution is -0.140. The average molecular weight is 462 g/mol. The Morgan fingerprint density at radius 3 is 2.50 bits per heavy atom. The Morgan fingerprint density at radius 2 is 1.81 bits per heavy atom. The van der Waals surface area contributed by atoms with Crippen molar-refractivity contribution in [1.82, 2.24) is 24.5 Å². The van der Waals surface area contributed by atoms with Crippen molar-refractivity contribution in [3.63, 3.8) is 0 Å². The van der Waals surface area contributed by atoms with Gasteiger partial charge in [0.1, 0.15) is 12.4 Å². The summed E-state index contributed by atoms with van der Waals surface area (Å²) in [6, 6.07) is 10.5. The van der Waals surface area contributed by atoms with Crippen LogP contribution in [-0.2, 0) is 19.3 Å². The van der Waals surface area contributed by atoms with Crippen molar-refractivity contribution in [3.8, 4) is 17.3 Å². The predicted molar refractivity (Wildman–Crippen MR) is 114 cm³/mol. The molecular formula is C22H19ClF3N5O. The first-order valence-corrected chi connectivity index (χ1v) is 10.2. The fourth-order valence-electron chi connectivity index (χ4n) is 3.24. The van der Waals surface area contributed by atoms with Gasteiger partial charge in [-0.2, -0.15) is 23.1 Å². The van der Waals surface area contributed by atoms with Crippen LogP contribution in [0.15, 0.2) is 48.8 Å². The molecule has 0 amide bonds. The summed E-state index contributed by atoms with van der Waals surface area (Å²) in [5.41, 5.74) is 0.917. The Labute approximate surface area is 187 Å². The lowest BCUT2D eigenvalue weighted by Gasteiger charge is -2.11. The molecule has 4 aromatic rings. The molecule has 0 saturated heterocycles. The number of hydrogen-bond acceptors (Lipinski definition) is 5. The number of alkyl halides is 3. The lowest BCUT2D eigenvalue weighted by Crippen LogP contribution is -2.06. The third kappa shape index (κ3) is 4.83. The van der Waals surface area contributed by atoms with Gasteiger partial charge in [0.25, 0.3) is 0 Å². The van der Waals surface area contributed by atoms with E-state index in [1.807, 2.05) is 13.8 Å². The molecule has 0 N–H and O–H groups in total. The Hall–Kier alpha value is -3.20. The highest BCUT2D eigenvalue weighted by molar-refractivity contribution is 6.28. The van der Waals surface area contributed by atoms with Crippen LogP contribution in [0.3, 0.4) is 0 Å². The highest BCUT2D eigenvalue weighted by atomic mass is 35.5. The normalized spacial score (nSPS) is 12.0. The number of rotatable bonds is 6. The number of benzene rings is 1. The summed E-state index contributed by atoms with van der Waals surface area (Å²) in [7, 11) is 0. The van der Waals surface area contributed by atoms with Crippen LogP contribution in [0, 0.1) is 5.92 Å². The minimum Gasteiger partial charge on any atom is -0.472 e. The van der Waals surface area contributed by atoms with Crippen LogP contribution < -0.4 is 4.74 Å². The van der Waals surface area contributed by atoms with Crippen LogP contribution in [0.4, 0.5) is 13.2 Å². The van der Waals surface area contributed by atoms with Gasteiger partial charge >= 0.3 is 6.18 Å². The summed E-state index contributed by atoms with van der Waals surface area (Å²) in [4.78, 5) is 16.2.